The quantitative estimate of drug-likeness (QED) is 0.848. The third-order valence-corrected chi connectivity index (χ3v) is 3.36. The molecule has 0 amide bonds. The highest BCUT2D eigenvalue weighted by atomic mass is 19.1. The number of nitrogens with zero attached hydrogens (tertiary/aromatic N) is 1. The van der Waals surface area contributed by atoms with Crippen LogP contribution in [0.3, 0.4) is 0 Å². The van der Waals surface area contributed by atoms with Crippen LogP contribution < -0.4 is 5.32 Å². The van der Waals surface area contributed by atoms with E-state index in [0.717, 1.165) is 24.7 Å². The molecule has 1 aromatic heterocycles. The molecule has 1 heterocycles. The van der Waals surface area contributed by atoms with Crippen LogP contribution in [0.5, 0.6) is 0 Å². The number of nitrogens with one attached hydrogen (secondary N) is 1. The summed E-state index contributed by atoms with van der Waals surface area (Å²) < 4.78 is 28.6. The molecule has 0 saturated carbocycles. The molecule has 108 valence electrons. The first kappa shape index (κ1) is 14.7. The number of rotatable bonds is 6. The topological polar surface area (TPSA) is 17.0 Å². The van der Waals surface area contributed by atoms with Crippen molar-refractivity contribution in [1.29, 1.82) is 0 Å². The second-order valence-corrected chi connectivity index (χ2v) is 4.97. The van der Waals surface area contributed by atoms with Crippen LogP contribution in [0, 0.1) is 11.6 Å². The second kappa shape index (κ2) is 6.66. The van der Waals surface area contributed by atoms with Gasteiger partial charge in [-0.1, -0.05) is 13.0 Å². The molecule has 0 spiro atoms. The Morgan fingerprint density at radius 1 is 1.25 bits per heavy atom. The first-order valence-corrected chi connectivity index (χ1v) is 6.94. The highest BCUT2D eigenvalue weighted by molar-refractivity contribution is 5.21. The molecule has 0 aliphatic heterocycles. The number of benzene rings is 1. The van der Waals surface area contributed by atoms with Gasteiger partial charge >= 0.3 is 0 Å². The molecular weight excluding hydrogens is 258 g/mol. The molecule has 2 nitrogen and oxygen atoms in total. The zero-order valence-electron chi connectivity index (χ0n) is 11.9. The lowest BCUT2D eigenvalue weighted by Crippen LogP contribution is -2.22. The van der Waals surface area contributed by atoms with Crippen molar-refractivity contribution in [2.75, 3.05) is 6.54 Å². The summed E-state index contributed by atoms with van der Waals surface area (Å²) in [5.41, 5.74) is 1.59. The minimum Gasteiger partial charge on any atom is -0.345 e. The average molecular weight is 278 g/mol. The van der Waals surface area contributed by atoms with Crippen molar-refractivity contribution < 1.29 is 8.78 Å². The number of hydrogen-bond donors (Lipinski definition) is 1. The molecule has 0 bridgehead atoms. The third kappa shape index (κ3) is 3.45. The molecule has 2 rings (SSSR count). The first-order chi connectivity index (χ1) is 9.61. The summed E-state index contributed by atoms with van der Waals surface area (Å²) in [5, 5.41) is 3.41. The number of aromatic nitrogens is 1. The van der Waals surface area contributed by atoms with E-state index in [0.29, 0.717) is 12.1 Å². The van der Waals surface area contributed by atoms with E-state index >= 15 is 0 Å². The maximum Gasteiger partial charge on any atom is 0.131 e. The number of halogens is 2. The first-order valence-electron chi connectivity index (χ1n) is 6.94. The molecule has 1 N–H and O–H groups in total. The Morgan fingerprint density at radius 3 is 2.75 bits per heavy atom. The Balaban J connectivity index is 2.16. The molecule has 20 heavy (non-hydrogen) atoms. The van der Waals surface area contributed by atoms with Crippen LogP contribution in [-0.2, 0) is 6.54 Å². The molecule has 0 aliphatic rings. The molecule has 0 saturated heterocycles. The molecule has 1 unspecified atom stereocenters. The third-order valence-electron chi connectivity index (χ3n) is 3.36. The summed E-state index contributed by atoms with van der Waals surface area (Å²) in [5.74, 6) is -1.05. The van der Waals surface area contributed by atoms with Crippen LogP contribution in [0.2, 0.25) is 0 Å². The standard InChI is InChI=1S/C16H20F2N2/c1-3-8-19-12(2)16-5-4-9-20(16)11-13-6-7-14(17)10-15(13)18/h4-7,9-10,12,19H,3,8,11H2,1-2H3. The second-order valence-electron chi connectivity index (χ2n) is 4.97. The van der Waals surface area contributed by atoms with Crippen LogP contribution in [0.15, 0.2) is 36.5 Å². The highest BCUT2D eigenvalue weighted by Gasteiger charge is 2.11. The van der Waals surface area contributed by atoms with Crippen molar-refractivity contribution in [3.63, 3.8) is 0 Å². The van der Waals surface area contributed by atoms with Crippen molar-refractivity contribution in [3.8, 4) is 0 Å². The van der Waals surface area contributed by atoms with Crippen molar-refractivity contribution in [2.24, 2.45) is 0 Å². The molecule has 2 aromatic rings. The van der Waals surface area contributed by atoms with Gasteiger partial charge in [-0.15, -0.1) is 0 Å². The van der Waals surface area contributed by atoms with Gasteiger partial charge in [0.05, 0.1) is 6.54 Å². The Hall–Kier alpha value is -1.68. The molecular formula is C16H20F2N2. The summed E-state index contributed by atoms with van der Waals surface area (Å²) in [6.45, 7) is 5.55. The fourth-order valence-electron chi connectivity index (χ4n) is 2.26. The van der Waals surface area contributed by atoms with E-state index in [9.17, 15) is 8.78 Å². The largest absolute Gasteiger partial charge is 0.345 e. The summed E-state index contributed by atoms with van der Waals surface area (Å²) in [7, 11) is 0. The minimum atomic E-state index is -0.544. The SMILES string of the molecule is CCCNC(C)c1cccn1Cc1ccc(F)cc1F. The zero-order chi connectivity index (χ0) is 14.5. The van der Waals surface area contributed by atoms with Gasteiger partial charge in [0, 0.05) is 29.6 Å². The van der Waals surface area contributed by atoms with E-state index in [1.165, 1.54) is 12.1 Å². The predicted octanol–water partition coefficient (Wildman–Crippen LogP) is 3.88. The van der Waals surface area contributed by atoms with Gasteiger partial charge < -0.3 is 9.88 Å². The van der Waals surface area contributed by atoms with Crippen LogP contribution >= 0.6 is 0 Å². The predicted molar refractivity (Wildman–Crippen MR) is 76.6 cm³/mol. The van der Waals surface area contributed by atoms with Gasteiger partial charge in [0.25, 0.3) is 0 Å². The van der Waals surface area contributed by atoms with Gasteiger partial charge in [-0.3, -0.25) is 0 Å². The van der Waals surface area contributed by atoms with Crippen LogP contribution in [0.25, 0.3) is 0 Å². The zero-order valence-corrected chi connectivity index (χ0v) is 11.9. The van der Waals surface area contributed by atoms with Crippen molar-refractivity contribution in [2.45, 2.75) is 32.9 Å². The Bertz CT molecular complexity index is 563. The lowest BCUT2D eigenvalue weighted by Gasteiger charge is -2.17. The van der Waals surface area contributed by atoms with E-state index < -0.39 is 11.6 Å². The van der Waals surface area contributed by atoms with E-state index in [-0.39, 0.29) is 6.04 Å². The molecule has 1 aromatic carbocycles. The molecule has 1 atom stereocenters. The highest BCUT2D eigenvalue weighted by Crippen LogP contribution is 2.17. The summed E-state index contributed by atoms with van der Waals surface area (Å²) in [6.07, 6.45) is 2.99. The van der Waals surface area contributed by atoms with Gasteiger partial charge in [0.2, 0.25) is 0 Å². The van der Waals surface area contributed by atoms with Gasteiger partial charge in [-0.25, -0.2) is 8.78 Å². The van der Waals surface area contributed by atoms with E-state index in [1.807, 2.05) is 22.9 Å². The molecule has 0 radical (unpaired) electrons. The lowest BCUT2D eigenvalue weighted by atomic mass is 10.2. The van der Waals surface area contributed by atoms with Crippen LogP contribution in [0.1, 0.15) is 37.6 Å². The van der Waals surface area contributed by atoms with Crippen LogP contribution in [0.4, 0.5) is 8.78 Å². The van der Waals surface area contributed by atoms with Gasteiger partial charge in [0.1, 0.15) is 11.6 Å². The fourth-order valence-corrected chi connectivity index (χ4v) is 2.26. The van der Waals surface area contributed by atoms with Gasteiger partial charge in [-0.05, 0) is 38.1 Å². The number of hydrogen-bond acceptors (Lipinski definition) is 1. The smallest absolute Gasteiger partial charge is 0.131 e. The summed E-state index contributed by atoms with van der Waals surface area (Å²) in [4.78, 5) is 0. The maximum atomic E-state index is 13.7. The van der Waals surface area contributed by atoms with Gasteiger partial charge in [-0.2, -0.15) is 0 Å². The molecule has 0 fully saturated rings. The van der Waals surface area contributed by atoms with Crippen molar-refractivity contribution in [1.82, 2.24) is 9.88 Å². The van der Waals surface area contributed by atoms with E-state index in [2.05, 4.69) is 19.2 Å². The van der Waals surface area contributed by atoms with Crippen LogP contribution in [-0.4, -0.2) is 11.1 Å². The van der Waals surface area contributed by atoms with E-state index in [4.69, 9.17) is 0 Å². The van der Waals surface area contributed by atoms with Gasteiger partial charge in [0.15, 0.2) is 0 Å². The molecule has 4 heteroatoms. The van der Waals surface area contributed by atoms with Crippen molar-refractivity contribution >= 4 is 0 Å². The van der Waals surface area contributed by atoms with Crippen molar-refractivity contribution in [3.05, 3.63) is 59.4 Å². The Labute approximate surface area is 118 Å². The lowest BCUT2D eigenvalue weighted by molar-refractivity contribution is 0.526. The molecule has 0 aliphatic carbocycles. The Morgan fingerprint density at radius 2 is 2.05 bits per heavy atom. The monoisotopic (exact) mass is 278 g/mol. The van der Waals surface area contributed by atoms with E-state index in [1.54, 1.807) is 0 Å². The fraction of sp³-hybridized carbons (Fsp3) is 0.375. The maximum absolute atomic E-state index is 13.7. The summed E-state index contributed by atoms with van der Waals surface area (Å²) in [6, 6.07) is 7.89. The average Bonchev–Trinajstić information content (AvgIpc) is 2.87. The minimum absolute atomic E-state index is 0.202. The Kier molecular flexibility index (Phi) is 4.90. The summed E-state index contributed by atoms with van der Waals surface area (Å²) >= 11 is 0. The normalized spacial score (nSPS) is 12.6.